The van der Waals surface area contributed by atoms with Crippen molar-refractivity contribution in [1.29, 1.82) is 0 Å². The maximum absolute atomic E-state index is 13.7. The summed E-state index contributed by atoms with van der Waals surface area (Å²) in [4.78, 5) is 28.1. The monoisotopic (exact) mass is 377 g/mol. The molecule has 0 aliphatic carbocycles. The van der Waals surface area contributed by atoms with Gasteiger partial charge >= 0.3 is 0 Å². The normalized spacial score (nSPS) is 10.4. The van der Waals surface area contributed by atoms with E-state index in [1.165, 1.54) is 19.2 Å². The molecule has 0 radical (unpaired) electrons. The second-order valence-electron chi connectivity index (χ2n) is 6.29. The Hall–Kier alpha value is -3.54. The number of nitrogens with zero attached hydrogens (tertiary/aromatic N) is 1. The largest absolute Gasteiger partial charge is 0.370 e. The van der Waals surface area contributed by atoms with Crippen LogP contribution in [-0.2, 0) is 6.42 Å². The third kappa shape index (κ3) is 5.01. The molecule has 1 aromatic heterocycles. The molecule has 0 aliphatic rings. The number of carbonyl (C=O) groups is 2. The lowest BCUT2D eigenvalue weighted by Gasteiger charge is -2.09. The van der Waals surface area contributed by atoms with E-state index in [0.29, 0.717) is 41.2 Å². The molecule has 0 spiro atoms. The number of anilines is 2. The van der Waals surface area contributed by atoms with Crippen molar-refractivity contribution in [2.45, 2.75) is 13.3 Å². The first kappa shape index (κ1) is 19.2. The van der Waals surface area contributed by atoms with Gasteiger partial charge in [0.25, 0.3) is 5.91 Å². The molecule has 2 aromatic carbocycles. The summed E-state index contributed by atoms with van der Waals surface area (Å²) in [6, 6.07) is 16.6. The van der Waals surface area contributed by atoms with Gasteiger partial charge in [0, 0.05) is 29.6 Å². The maximum Gasteiger partial charge on any atom is 0.255 e. The minimum Gasteiger partial charge on any atom is -0.370 e. The average molecular weight is 377 g/mol. The molecule has 0 aliphatic heterocycles. The number of ketones is 1. The van der Waals surface area contributed by atoms with E-state index in [4.69, 9.17) is 0 Å². The van der Waals surface area contributed by atoms with Crippen LogP contribution in [0.5, 0.6) is 0 Å². The van der Waals surface area contributed by atoms with Crippen molar-refractivity contribution in [3.8, 4) is 0 Å². The number of Topliss-reactive ketones (excluding diaryl/α,β-unsaturated/α-hetero) is 1. The lowest BCUT2D eigenvalue weighted by Crippen LogP contribution is -2.14. The lowest BCUT2D eigenvalue weighted by molar-refractivity contribution is 0.101. The zero-order chi connectivity index (χ0) is 19.9. The second-order valence-corrected chi connectivity index (χ2v) is 6.29. The van der Waals surface area contributed by atoms with Gasteiger partial charge in [0.05, 0.1) is 0 Å². The van der Waals surface area contributed by atoms with Crippen molar-refractivity contribution in [1.82, 2.24) is 4.98 Å². The van der Waals surface area contributed by atoms with Crippen molar-refractivity contribution < 1.29 is 14.0 Å². The predicted molar refractivity (Wildman–Crippen MR) is 107 cm³/mol. The van der Waals surface area contributed by atoms with E-state index in [9.17, 15) is 14.0 Å². The Kier molecular flexibility index (Phi) is 6.11. The molecule has 3 aromatic rings. The summed E-state index contributed by atoms with van der Waals surface area (Å²) in [6.45, 7) is 1.96. The fourth-order valence-corrected chi connectivity index (χ4v) is 2.71. The molecule has 0 bridgehead atoms. The highest BCUT2D eigenvalue weighted by molar-refractivity contribution is 6.05. The Morgan fingerprint density at radius 1 is 1.00 bits per heavy atom. The first-order chi connectivity index (χ1) is 13.5. The fourth-order valence-electron chi connectivity index (χ4n) is 2.71. The summed E-state index contributed by atoms with van der Waals surface area (Å²) in [5, 5.41) is 5.87. The van der Waals surface area contributed by atoms with Crippen LogP contribution in [0.1, 0.15) is 33.2 Å². The highest BCUT2D eigenvalue weighted by Gasteiger charge is 2.09. The number of rotatable bonds is 7. The molecule has 28 heavy (non-hydrogen) atoms. The number of halogens is 1. The number of carbonyl (C=O) groups excluding carboxylic acids is 2. The highest BCUT2D eigenvalue weighted by atomic mass is 19.1. The van der Waals surface area contributed by atoms with Gasteiger partial charge < -0.3 is 10.6 Å². The summed E-state index contributed by atoms with van der Waals surface area (Å²) >= 11 is 0. The summed E-state index contributed by atoms with van der Waals surface area (Å²) in [6.07, 6.45) is 2.04. The van der Waals surface area contributed by atoms with Gasteiger partial charge in [0.15, 0.2) is 5.78 Å². The van der Waals surface area contributed by atoms with Crippen LogP contribution in [0, 0.1) is 5.82 Å². The molecule has 0 saturated heterocycles. The minimum absolute atomic E-state index is 0.0682. The Morgan fingerprint density at radius 3 is 2.61 bits per heavy atom. The first-order valence-electron chi connectivity index (χ1n) is 8.88. The van der Waals surface area contributed by atoms with Crippen LogP contribution in [0.4, 0.5) is 15.9 Å². The number of hydrogen-bond acceptors (Lipinski definition) is 4. The van der Waals surface area contributed by atoms with Crippen LogP contribution >= 0.6 is 0 Å². The van der Waals surface area contributed by atoms with Gasteiger partial charge in [0.1, 0.15) is 11.6 Å². The third-order valence-electron chi connectivity index (χ3n) is 4.21. The molecule has 142 valence electrons. The molecule has 0 unspecified atom stereocenters. The number of pyridine rings is 1. The summed E-state index contributed by atoms with van der Waals surface area (Å²) in [5.41, 5.74) is 2.12. The van der Waals surface area contributed by atoms with E-state index < -0.39 is 0 Å². The summed E-state index contributed by atoms with van der Waals surface area (Å²) < 4.78 is 13.7. The van der Waals surface area contributed by atoms with Crippen molar-refractivity contribution in [3.63, 3.8) is 0 Å². The van der Waals surface area contributed by atoms with Gasteiger partial charge in [0.2, 0.25) is 0 Å². The predicted octanol–water partition coefficient (Wildman–Crippen LogP) is 4.33. The Balaban J connectivity index is 1.62. The van der Waals surface area contributed by atoms with Crippen molar-refractivity contribution >= 4 is 23.2 Å². The van der Waals surface area contributed by atoms with Crippen LogP contribution in [0.3, 0.4) is 0 Å². The quantitative estimate of drug-likeness (QED) is 0.601. The number of hydrogen-bond donors (Lipinski definition) is 2. The smallest absolute Gasteiger partial charge is 0.255 e. The molecule has 0 atom stereocenters. The van der Waals surface area contributed by atoms with E-state index in [1.54, 1.807) is 54.6 Å². The van der Waals surface area contributed by atoms with Gasteiger partial charge in [-0.3, -0.25) is 9.59 Å². The van der Waals surface area contributed by atoms with Crippen LogP contribution < -0.4 is 10.6 Å². The summed E-state index contributed by atoms with van der Waals surface area (Å²) in [5.74, 6) is -0.0822. The molecule has 0 fully saturated rings. The lowest BCUT2D eigenvalue weighted by atomic mass is 10.1. The minimum atomic E-state index is -0.305. The fraction of sp³-hybridized carbons (Fsp3) is 0.136. The molecular weight excluding hydrogens is 357 g/mol. The molecule has 0 saturated carbocycles. The molecule has 3 rings (SSSR count). The Morgan fingerprint density at radius 2 is 1.82 bits per heavy atom. The Labute approximate surface area is 162 Å². The number of nitrogens with one attached hydrogen (secondary N) is 2. The molecule has 5 nitrogen and oxygen atoms in total. The van der Waals surface area contributed by atoms with Crippen LogP contribution in [0.2, 0.25) is 0 Å². The van der Waals surface area contributed by atoms with E-state index in [1.807, 2.05) is 0 Å². The zero-order valence-corrected chi connectivity index (χ0v) is 15.4. The Bertz CT molecular complexity index is 1000. The highest BCUT2D eigenvalue weighted by Crippen LogP contribution is 2.14. The van der Waals surface area contributed by atoms with Crippen LogP contribution in [-0.4, -0.2) is 23.2 Å². The van der Waals surface area contributed by atoms with Gasteiger partial charge in [-0.15, -0.1) is 0 Å². The van der Waals surface area contributed by atoms with Crippen LogP contribution in [0.25, 0.3) is 0 Å². The van der Waals surface area contributed by atoms with E-state index in [2.05, 4.69) is 15.6 Å². The van der Waals surface area contributed by atoms with Crippen molar-refractivity contribution in [3.05, 3.63) is 89.4 Å². The van der Waals surface area contributed by atoms with E-state index >= 15 is 0 Å². The van der Waals surface area contributed by atoms with Gasteiger partial charge in [-0.1, -0.05) is 30.3 Å². The number of aromatic nitrogens is 1. The zero-order valence-electron chi connectivity index (χ0n) is 15.4. The van der Waals surface area contributed by atoms with Gasteiger partial charge in [-0.05, 0) is 49.2 Å². The second kappa shape index (κ2) is 8.90. The van der Waals surface area contributed by atoms with Crippen LogP contribution in [0.15, 0.2) is 66.9 Å². The number of amides is 1. The molecule has 1 amide bonds. The molecule has 2 N–H and O–H groups in total. The van der Waals surface area contributed by atoms with Crippen molar-refractivity contribution in [2.24, 2.45) is 0 Å². The van der Waals surface area contributed by atoms with Gasteiger partial charge in [-0.2, -0.15) is 0 Å². The van der Waals surface area contributed by atoms with Crippen molar-refractivity contribution in [2.75, 3.05) is 17.2 Å². The van der Waals surface area contributed by atoms with Gasteiger partial charge in [-0.25, -0.2) is 9.37 Å². The molecular formula is C22H20FN3O2. The molecule has 1 heterocycles. The van der Waals surface area contributed by atoms with E-state index in [0.717, 1.165) is 0 Å². The standard InChI is InChI=1S/C22H20FN3O2/c1-15(27)17-6-4-7-19(13-17)26-22(28)18-10-12-25-21(14-18)24-11-9-16-5-2-3-8-20(16)23/h2-8,10,12-14H,9,11H2,1H3,(H,24,25)(H,26,28). The topological polar surface area (TPSA) is 71.1 Å². The summed E-state index contributed by atoms with van der Waals surface area (Å²) in [7, 11) is 0. The maximum atomic E-state index is 13.7. The van der Waals surface area contributed by atoms with E-state index in [-0.39, 0.29) is 17.5 Å². The first-order valence-corrected chi connectivity index (χ1v) is 8.88. The average Bonchev–Trinajstić information content (AvgIpc) is 2.70. The molecule has 6 heteroatoms. The third-order valence-corrected chi connectivity index (χ3v) is 4.21. The SMILES string of the molecule is CC(=O)c1cccc(NC(=O)c2ccnc(NCCc3ccccc3F)c2)c1. The number of benzene rings is 2.